The molecule has 0 spiro atoms. The van der Waals surface area contributed by atoms with E-state index in [4.69, 9.17) is 4.74 Å². The third kappa shape index (κ3) is 4.16. The molecule has 6 heteroatoms. The monoisotopic (exact) mass is 388 g/mol. The van der Waals surface area contributed by atoms with Crippen molar-refractivity contribution in [1.29, 1.82) is 0 Å². The summed E-state index contributed by atoms with van der Waals surface area (Å²) in [6.45, 7) is 0.241. The number of rotatable bonds is 5. The summed E-state index contributed by atoms with van der Waals surface area (Å²) in [6.07, 6.45) is 1.54. The van der Waals surface area contributed by atoms with Gasteiger partial charge >= 0.3 is 0 Å². The lowest BCUT2D eigenvalue weighted by Gasteiger charge is -2.13. The Labute approximate surface area is 167 Å². The van der Waals surface area contributed by atoms with Gasteiger partial charge in [-0.05, 0) is 53.6 Å². The average Bonchev–Trinajstić information content (AvgIpc) is 3.02. The summed E-state index contributed by atoms with van der Waals surface area (Å²) < 4.78 is 18.9. The molecule has 3 aromatic carbocycles. The summed E-state index contributed by atoms with van der Waals surface area (Å²) in [7, 11) is 0. The molecule has 0 atom stereocenters. The van der Waals surface area contributed by atoms with Crippen molar-refractivity contribution in [3.63, 3.8) is 0 Å². The lowest BCUT2D eigenvalue weighted by atomic mass is 10.1. The Morgan fingerprint density at radius 1 is 0.931 bits per heavy atom. The first-order chi connectivity index (χ1) is 14.1. The minimum atomic E-state index is -0.453. The zero-order valence-electron chi connectivity index (χ0n) is 15.3. The van der Waals surface area contributed by atoms with Crippen LogP contribution < -0.4 is 15.2 Å². The van der Waals surface area contributed by atoms with E-state index in [1.165, 1.54) is 23.2 Å². The predicted octanol–water partition coefficient (Wildman–Crippen LogP) is 3.87. The number of halogens is 1. The molecule has 3 aromatic rings. The molecule has 1 aliphatic rings. The van der Waals surface area contributed by atoms with Gasteiger partial charge in [-0.3, -0.25) is 15.0 Å². The molecular weight excluding hydrogens is 371 g/mol. The highest BCUT2D eigenvalue weighted by molar-refractivity contribution is 6.31. The molecular formula is C23H17FN2O3. The fourth-order valence-corrected chi connectivity index (χ4v) is 2.94. The average molecular weight is 388 g/mol. The van der Waals surface area contributed by atoms with Crippen LogP contribution in [0.5, 0.6) is 5.75 Å². The first kappa shape index (κ1) is 18.4. The van der Waals surface area contributed by atoms with Crippen molar-refractivity contribution in [1.82, 2.24) is 5.43 Å². The van der Waals surface area contributed by atoms with Crippen LogP contribution in [0.25, 0.3) is 6.08 Å². The molecule has 29 heavy (non-hydrogen) atoms. The molecule has 1 saturated heterocycles. The summed E-state index contributed by atoms with van der Waals surface area (Å²) in [5.74, 6) is -0.570. The van der Waals surface area contributed by atoms with E-state index in [0.717, 1.165) is 5.56 Å². The summed E-state index contributed by atoms with van der Waals surface area (Å²) in [4.78, 5) is 24.8. The number of ether oxygens (including phenoxy) is 1. The highest BCUT2D eigenvalue weighted by atomic mass is 19.1. The van der Waals surface area contributed by atoms with Crippen LogP contribution in [0.2, 0.25) is 0 Å². The molecule has 144 valence electrons. The first-order valence-corrected chi connectivity index (χ1v) is 9.00. The van der Waals surface area contributed by atoms with Crippen LogP contribution in [0.3, 0.4) is 0 Å². The number of hydrazine groups is 1. The van der Waals surface area contributed by atoms with Crippen LogP contribution >= 0.6 is 0 Å². The van der Waals surface area contributed by atoms with Gasteiger partial charge in [0.1, 0.15) is 23.7 Å². The summed E-state index contributed by atoms with van der Waals surface area (Å²) in [5.41, 5.74) is 4.63. The second-order valence-corrected chi connectivity index (χ2v) is 6.46. The number of hydrogen-bond acceptors (Lipinski definition) is 3. The van der Waals surface area contributed by atoms with Gasteiger partial charge in [-0.1, -0.05) is 42.5 Å². The fourth-order valence-electron chi connectivity index (χ4n) is 2.94. The number of nitrogens with zero attached hydrogens (tertiary/aromatic N) is 1. The number of anilines is 1. The summed E-state index contributed by atoms with van der Waals surface area (Å²) in [5, 5.41) is 1.23. The van der Waals surface area contributed by atoms with E-state index in [1.54, 1.807) is 60.7 Å². The number of hydrogen-bond donors (Lipinski definition) is 1. The van der Waals surface area contributed by atoms with Crippen molar-refractivity contribution in [3.8, 4) is 5.75 Å². The minimum absolute atomic E-state index is 0.0577. The second kappa shape index (κ2) is 7.98. The molecule has 1 heterocycles. The van der Waals surface area contributed by atoms with Crippen LogP contribution in [0, 0.1) is 5.82 Å². The van der Waals surface area contributed by atoms with Crippen molar-refractivity contribution in [2.75, 3.05) is 5.01 Å². The molecule has 0 radical (unpaired) electrons. The highest BCUT2D eigenvalue weighted by Gasteiger charge is 2.34. The largest absolute Gasteiger partial charge is 0.489 e. The van der Waals surface area contributed by atoms with Gasteiger partial charge in [-0.15, -0.1) is 0 Å². The van der Waals surface area contributed by atoms with E-state index in [1.807, 2.05) is 6.07 Å². The Hall–Kier alpha value is -3.93. The summed E-state index contributed by atoms with van der Waals surface area (Å²) >= 11 is 0. The number of amides is 2. The van der Waals surface area contributed by atoms with Crippen LogP contribution in [-0.2, 0) is 16.2 Å². The molecule has 0 unspecified atom stereocenters. The molecule has 0 saturated carbocycles. The van der Waals surface area contributed by atoms with Gasteiger partial charge in [-0.25, -0.2) is 9.40 Å². The molecule has 5 nitrogen and oxygen atoms in total. The molecule has 0 bridgehead atoms. The van der Waals surface area contributed by atoms with Gasteiger partial charge < -0.3 is 4.74 Å². The Kier molecular flexibility index (Phi) is 5.07. The normalized spacial score (nSPS) is 14.9. The van der Waals surface area contributed by atoms with Gasteiger partial charge in [0.25, 0.3) is 11.8 Å². The van der Waals surface area contributed by atoms with Crippen LogP contribution in [-0.4, -0.2) is 11.8 Å². The SMILES string of the molecule is O=C1NN(c2ccccc2)C(=O)/C1=C\c1ccc(OCc2cccc(F)c2)cc1. The molecule has 0 aromatic heterocycles. The van der Waals surface area contributed by atoms with Crippen molar-refractivity contribution < 1.29 is 18.7 Å². The number of para-hydroxylation sites is 1. The van der Waals surface area contributed by atoms with Gasteiger partial charge in [-0.2, -0.15) is 0 Å². The molecule has 1 fully saturated rings. The smallest absolute Gasteiger partial charge is 0.282 e. The zero-order valence-corrected chi connectivity index (χ0v) is 15.3. The van der Waals surface area contributed by atoms with E-state index in [-0.39, 0.29) is 18.0 Å². The maximum Gasteiger partial charge on any atom is 0.282 e. The summed E-state index contributed by atoms with van der Waals surface area (Å²) in [6, 6.07) is 22.1. The van der Waals surface area contributed by atoms with Crippen LogP contribution in [0.1, 0.15) is 11.1 Å². The van der Waals surface area contributed by atoms with E-state index < -0.39 is 11.8 Å². The molecule has 0 aliphatic carbocycles. The van der Waals surface area contributed by atoms with E-state index in [0.29, 0.717) is 17.0 Å². The van der Waals surface area contributed by atoms with E-state index in [9.17, 15) is 14.0 Å². The number of benzene rings is 3. The Balaban J connectivity index is 1.45. The Morgan fingerprint density at radius 2 is 1.69 bits per heavy atom. The van der Waals surface area contributed by atoms with Gasteiger partial charge in [0, 0.05) is 0 Å². The highest BCUT2D eigenvalue weighted by Crippen LogP contribution is 2.22. The number of nitrogens with one attached hydrogen (secondary N) is 1. The van der Waals surface area contributed by atoms with Crippen LogP contribution in [0.15, 0.2) is 84.4 Å². The standard InChI is InChI=1S/C23H17FN2O3/c24-18-6-4-5-17(13-18)15-29-20-11-9-16(10-12-20)14-21-22(27)25-26(23(21)28)19-7-2-1-3-8-19/h1-14H,15H2,(H,25,27)/b21-14-. The van der Waals surface area contributed by atoms with Crippen molar-refractivity contribution in [2.24, 2.45) is 0 Å². The van der Waals surface area contributed by atoms with Gasteiger partial charge in [0.2, 0.25) is 0 Å². The lowest BCUT2D eigenvalue weighted by Crippen LogP contribution is -2.35. The second-order valence-electron chi connectivity index (χ2n) is 6.46. The van der Waals surface area contributed by atoms with Crippen LogP contribution in [0.4, 0.5) is 10.1 Å². The topological polar surface area (TPSA) is 58.6 Å². The number of carbonyl (C=O) groups excluding carboxylic acids is 2. The van der Waals surface area contributed by atoms with E-state index in [2.05, 4.69) is 5.43 Å². The molecule has 4 rings (SSSR count). The molecule has 1 N–H and O–H groups in total. The van der Waals surface area contributed by atoms with Crippen molar-refractivity contribution >= 4 is 23.6 Å². The third-order valence-corrected chi connectivity index (χ3v) is 4.39. The maximum atomic E-state index is 13.2. The molecule has 2 amide bonds. The lowest BCUT2D eigenvalue weighted by molar-refractivity contribution is -0.117. The van der Waals surface area contributed by atoms with E-state index >= 15 is 0 Å². The first-order valence-electron chi connectivity index (χ1n) is 9.00. The fraction of sp³-hybridized carbons (Fsp3) is 0.0435. The Morgan fingerprint density at radius 3 is 2.41 bits per heavy atom. The quantitative estimate of drug-likeness (QED) is 0.533. The van der Waals surface area contributed by atoms with Gasteiger partial charge in [0.05, 0.1) is 5.69 Å². The minimum Gasteiger partial charge on any atom is -0.489 e. The zero-order chi connectivity index (χ0) is 20.2. The predicted molar refractivity (Wildman–Crippen MR) is 107 cm³/mol. The maximum absolute atomic E-state index is 13.2. The third-order valence-electron chi connectivity index (χ3n) is 4.39. The van der Waals surface area contributed by atoms with Crippen molar-refractivity contribution in [2.45, 2.75) is 6.61 Å². The van der Waals surface area contributed by atoms with Crippen molar-refractivity contribution in [3.05, 3.63) is 101 Å². The Bertz CT molecular complexity index is 1080. The van der Waals surface area contributed by atoms with Gasteiger partial charge in [0.15, 0.2) is 0 Å². The number of carbonyl (C=O) groups is 2. The molecule has 1 aliphatic heterocycles.